The van der Waals surface area contributed by atoms with Crippen molar-refractivity contribution in [3.8, 4) is 0 Å². The van der Waals surface area contributed by atoms with Gasteiger partial charge in [0.05, 0.1) is 5.69 Å². The minimum absolute atomic E-state index is 0.0619. The number of nitrogens with zero attached hydrogens (tertiary/aromatic N) is 1. The molecule has 0 saturated carbocycles. The van der Waals surface area contributed by atoms with E-state index in [2.05, 4.69) is 10.5 Å². The molecule has 2 N–H and O–H groups in total. The zero-order chi connectivity index (χ0) is 10.6. The highest BCUT2D eigenvalue weighted by molar-refractivity contribution is 6.30. The van der Waals surface area contributed by atoms with E-state index in [0.717, 1.165) is 6.07 Å². The Morgan fingerprint density at radius 3 is 2.93 bits per heavy atom. The zero-order valence-corrected chi connectivity index (χ0v) is 7.62. The Hall–Kier alpha value is -1.62. The molecule has 1 rings (SSSR count). The van der Waals surface area contributed by atoms with Gasteiger partial charge in [-0.05, 0) is 18.2 Å². The number of hydrogen-bond acceptors (Lipinski definition) is 3. The Morgan fingerprint density at radius 2 is 2.36 bits per heavy atom. The number of anilines is 1. The number of hydrogen-bond donors (Lipinski definition) is 2. The van der Waals surface area contributed by atoms with E-state index in [-0.39, 0.29) is 10.7 Å². The Balaban J connectivity index is 2.73. The van der Waals surface area contributed by atoms with Crippen LogP contribution in [0.1, 0.15) is 0 Å². The third-order valence-corrected chi connectivity index (χ3v) is 1.53. The van der Waals surface area contributed by atoms with Crippen molar-refractivity contribution in [3.63, 3.8) is 0 Å². The maximum absolute atomic E-state index is 13.0. The van der Waals surface area contributed by atoms with Gasteiger partial charge in [0.25, 0.3) is 0 Å². The molecule has 74 valence electrons. The Morgan fingerprint density at radius 1 is 1.64 bits per heavy atom. The fourth-order valence-electron chi connectivity index (χ4n) is 0.737. The topological polar surface area (TPSA) is 61.7 Å². The van der Waals surface area contributed by atoms with Crippen molar-refractivity contribution in [2.45, 2.75) is 0 Å². The Bertz CT molecular complexity index is 382. The van der Waals surface area contributed by atoms with E-state index in [1.54, 1.807) is 0 Å². The fourth-order valence-corrected chi connectivity index (χ4v) is 0.896. The summed E-state index contributed by atoms with van der Waals surface area (Å²) < 4.78 is 13.0. The van der Waals surface area contributed by atoms with Crippen molar-refractivity contribution in [1.29, 1.82) is 0 Å². The standard InChI is InChI=1S/C8H6ClFN2O2/c9-5-1-2-7(6(10)3-5)12-11-4-8(13)14/h1-4,12H,(H,13,14)/b11-4+. The second-order valence-corrected chi connectivity index (χ2v) is 2.77. The molecular formula is C8H6ClFN2O2. The van der Waals surface area contributed by atoms with Crippen LogP contribution in [0.15, 0.2) is 23.3 Å². The van der Waals surface area contributed by atoms with Crippen molar-refractivity contribution in [1.82, 2.24) is 0 Å². The van der Waals surface area contributed by atoms with Crippen molar-refractivity contribution in [3.05, 3.63) is 29.0 Å². The van der Waals surface area contributed by atoms with Gasteiger partial charge in [-0.15, -0.1) is 0 Å². The van der Waals surface area contributed by atoms with Gasteiger partial charge in [-0.2, -0.15) is 5.10 Å². The summed E-state index contributed by atoms with van der Waals surface area (Å²) in [6.45, 7) is 0. The van der Waals surface area contributed by atoms with E-state index in [1.165, 1.54) is 12.1 Å². The number of halogens is 2. The molecule has 1 aromatic rings. The van der Waals surface area contributed by atoms with Crippen molar-refractivity contribution >= 4 is 29.5 Å². The fraction of sp³-hybridized carbons (Fsp3) is 0. The van der Waals surface area contributed by atoms with E-state index >= 15 is 0 Å². The van der Waals surface area contributed by atoms with Crippen LogP contribution in [0, 0.1) is 5.82 Å². The third-order valence-electron chi connectivity index (χ3n) is 1.29. The second kappa shape index (κ2) is 4.57. The van der Waals surface area contributed by atoms with Gasteiger partial charge in [0.2, 0.25) is 0 Å². The number of nitrogens with one attached hydrogen (secondary N) is 1. The van der Waals surface area contributed by atoms with E-state index in [9.17, 15) is 9.18 Å². The number of benzene rings is 1. The normalized spacial score (nSPS) is 10.4. The van der Waals surface area contributed by atoms with Crippen LogP contribution in [0.5, 0.6) is 0 Å². The van der Waals surface area contributed by atoms with E-state index in [0.29, 0.717) is 6.21 Å². The van der Waals surface area contributed by atoms with Crippen LogP contribution in [0.25, 0.3) is 0 Å². The molecule has 0 fully saturated rings. The van der Waals surface area contributed by atoms with Crippen molar-refractivity contribution < 1.29 is 14.3 Å². The SMILES string of the molecule is O=C(O)/C=N/Nc1ccc(Cl)cc1F. The highest BCUT2D eigenvalue weighted by Gasteiger charge is 2.00. The number of carbonyl (C=O) groups is 1. The van der Waals surface area contributed by atoms with Crippen LogP contribution in [0.2, 0.25) is 5.02 Å². The number of carboxylic acid groups (broad SMARTS) is 1. The summed E-state index contributed by atoms with van der Waals surface area (Å²) in [7, 11) is 0. The van der Waals surface area contributed by atoms with E-state index < -0.39 is 11.8 Å². The molecule has 0 aliphatic heterocycles. The van der Waals surface area contributed by atoms with Crippen molar-refractivity contribution in [2.75, 3.05) is 5.43 Å². The van der Waals surface area contributed by atoms with E-state index in [4.69, 9.17) is 16.7 Å². The molecule has 0 radical (unpaired) electrons. The van der Waals surface area contributed by atoms with Gasteiger partial charge >= 0.3 is 5.97 Å². The lowest BCUT2D eigenvalue weighted by molar-refractivity contribution is -0.128. The molecule has 0 saturated heterocycles. The monoisotopic (exact) mass is 216 g/mol. The molecule has 0 atom stereocenters. The molecule has 0 aromatic heterocycles. The van der Waals surface area contributed by atoms with Crippen LogP contribution in [0.3, 0.4) is 0 Å². The second-order valence-electron chi connectivity index (χ2n) is 2.33. The summed E-state index contributed by atoms with van der Waals surface area (Å²) in [5.41, 5.74) is 2.29. The largest absolute Gasteiger partial charge is 0.477 e. The average molecular weight is 217 g/mol. The highest BCUT2D eigenvalue weighted by atomic mass is 35.5. The Labute approximate surface area is 84.0 Å². The number of hydrazone groups is 1. The van der Waals surface area contributed by atoms with Gasteiger partial charge in [-0.1, -0.05) is 11.6 Å². The van der Waals surface area contributed by atoms with Gasteiger partial charge in [-0.25, -0.2) is 9.18 Å². The number of carboxylic acids is 1. The minimum Gasteiger partial charge on any atom is -0.477 e. The molecular weight excluding hydrogens is 211 g/mol. The summed E-state index contributed by atoms with van der Waals surface area (Å²) in [4.78, 5) is 10.0. The number of rotatable bonds is 3. The van der Waals surface area contributed by atoms with Gasteiger partial charge < -0.3 is 5.11 Å². The van der Waals surface area contributed by atoms with Gasteiger partial charge in [-0.3, -0.25) is 5.43 Å². The van der Waals surface area contributed by atoms with Crippen molar-refractivity contribution in [2.24, 2.45) is 5.10 Å². The molecule has 6 heteroatoms. The quantitative estimate of drug-likeness (QED) is 0.600. The summed E-state index contributed by atoms with van der Waals surface area (Å²) >= 11 is 5.50. The first kappa shape index (κ1) is 10.5. The first-order valence-corrected chi connectivity index (χ1v) is 3.94. The zero-order valence-electron chi connectivity index (χ0n) is 6.87. The maximum Gasteiger partial charge on any atom is 0.348 e. The summed E-state index contributed by atoms with van der Waals surface area (Å²) in [5, 5.41) is 11.7. The average Bonchev–Trinajstić information content (AvgIpc) is 2.08. The first-order chi connectivity index (χ1) is 6.59. The molecule has 14 heavy (non-hydrogen) atoms. The van der Waals surface area contributed by atoms with Crippen LogP contribution in [-0.4, -0.2) is 17.3 Å². The first-order valence-electron chi connectivity index (χ1n) is 3.56. The molecule has 1 aromatic carbocycles. The van der Waals surface area contributed by atoms with E-state index in [1.807, 2.05) is 0 Å². The molecule has 0 heterocycles. The lowest BCUT2D eigenvalue weighted by atomic mass is 10.3. The molecule has 0 unspecified atom stereocenters. The molecule has 4 nitrogen and oxygen atoms in total. The maximum atomic E-state index is 13.0. The highest BCUT2D eigenvalue weighted by Crippen LogP contribution is 2.18. The minimum atomic E-state index is -1.22. The smallest absolute Gasteiger partial charge is 0.348 e. The lowest BCUT2D eigenvalue weighted by Crippen LogP contribution is -1.99. The number of aliphatic carboxylic acids is 1. The Kier molecular flexibility index (Phi) is 3.41. The van der Waals surface area contributed by atoms with Crippen LogP contribution >= 0.6 is 11.6 Å². The van der Waals surface area contributed by atoms with Crippen LogP contribution < -0.4 is 5.43 Å². The molecule has 0 aliphatic rings. The molecule has 0 bridgehead atoms. The van der Waals surface area contributed by atoms with Gasteiger partial charge in [0.15, 0.2) is 0 Å². The summed E-state index contributed by atoms with van der Waals surface area (Å²) in [6, 6.07) is 3.92. The molecule has 0 amide bonds. The summed E-state index contributed by atoms with van der Waals surface area (Å²) in [6.07, 6.45) is 0.619. The lowest BCUT2D eigenvalue weighted by Gasteiger charge is -2.00. The van der Waals surface area contributed by atoms with Crippen LogP contribution in [0.4, 0.5) is 10.1 Å². The van der Waals surface area contributed by atoms with Crippen LogP contribution in [-0.2, 0) is 4.79 Å². The van der Waals surface area contributed by atoms with Gasteiger partial charge in [0.1, 0.15) is 12.0 Å². The molecule has 0 spiro atoms. The summed E-state index contributed by atoms with van der Waals surface area (Å²) in [5.74, 6) is -1.81. The molecule has 0 aliphatic carbocycles. The third kappa shape index (κ3) is 3.02. The van der Waals surface area contributed by atoms with Gasteiger partial charge in [0, 0.05) is 5.02 Å². The predicted molar refractivity (Wildman–Crippen MR) is 51.2 cm³/mol. The predicted octanol–water partition coefficient (Wildman–Crippen LogP) is 1.96.